The van der Waals surface area contributed by atoms with Gasteiger partial charge < -0.3 is 9.84 Å². The second-order valence-corrected chi connectivity index (χ2v) is 12.0. The fourth-order valence-corrected chi connectivity index (χ4v) is 5.29. The Balaban J connectivity index is 2.40. The van der Waals surface area contributed by atoms with Crippen LogP contribution in [0.15, 0.2) is 41.9 Å². The van der Waals surface area contributed by atoms with E-state index in [4.69, 9.17) is 4.74 Å². The third-order valence-electron chi connectivity index (χ3n) is 4.02. The second kappa shape index (κ2) is 4.71. The summed E-state index contributed by atoms with van der Waals surface area (Å²) in [6.07, 6.45) is 0.862. The lowest BCUT2D eigenvalue weighted by Gasteiger charge is -2.52. The first-order valence-electron chi connectivity index (χ1n) is 6.94. The van der Waals surface area contributed by atoms with Gasteiger partial charge in [-0.1, -0.05) is 63.8 Å². The van der Waals surface area contributed by atoms with Crippen molar-refractivity contribution in [3.8, 4) is 0 Å². The molecule has 2 nitrogen and oxygen atoms in total. The molecular formula is C16H24O2Si. The van der Waals surface area contributed by atoms with Crippen LogP contribution in [0.1, 0.15) is 19.4 Å². The predicted molar refractivity (Wildman–Crippen MR) is 81.8 cm³/mol. The molecule has 3 heteroatoms. The Morgan fingerprint density at radius 2 is 1.74 bits per heavy atom. The Morgan fingerprint density at radius 3 is 2.16 bits per heavy atom. The zero-order chi connectivity index (χ0) is 14.3. The third-order valence-corrected chi connectivity index (χ3v) is 6.99. The van der Waals surface area contributed by atoms with Gasteiger partial charge in [0.2, 0.25) is 0 Å². The van der Waals surface area contributed by atoms with Crippen molar-refractivity contribution in [2.75, 3.05) is 0 Å². The van der Waals surface area contributed by atoms with Crippen molar-refractivity contribution >= 4 is 8.07 Å². The maximum atomic E-state index is 9.93. The summed E-state index contributed by atoms with van der Waals surface area (Å²) in [5.74, 6) is 0.484. The van der Waals surface area contributed by atoms with Gasteiger partial charge in [0.05, 0.1) is 5.57 Å². The Kier molecular flexibility index (Phi) is 3.52. The Bertz CT molecular complexity index is 485. The molecule has 0 radical (unpaired) electrons. The van der Waals surface area contributed by atoms with E-state index in [1.54, 1.807) is 0 Å². The monoisotopic (exact) mass is 276 g/mol. The number of hydrogen-bond acceptors (Lipinski definition) is 2. The topological polar surface area (TPSA) is 29.5 Å². The zero-order valence-corrected chi connectivity index (χ0v) is 13.5. The van der Waals surface area contributed by atoms with Gasteiger partial charge in [-0.2, -0.15) is 0 Å². The van der Waals surface area contributed by atoms with Crippen molar-refractivity contribution in [2.24, 2.45) is 5.92 Å². The SMILES string of the molecule is CC(C)C1=C(O)OC1(Cc1ccccc1)[Si](C)(C)C. The number of ether oxygens (including phenoxy) is 1. The predicted octanol–water partition coefficient (Wildman–Crippen LogP) is 4.30. The Hall–Kier alpha value is -1.22. The highest BCUT2D eigenvalue weighted by atomic mass is 28.3. The molecule has 2 rings (SSSR count). The quantitative estimate of drug-likeness (QED) is 0.831. The van der Waals surface area contributed by atoms with Crippen LogP contribution in [0.3, 0.4) is 0 Å². The minimum absolute atomic E-state index is 0.161. The molecule has 1 heterocycles. The van der Waals surface area contributed by atoms with Crippen molar-refractivity contribution in [3.05, 3.63) is 47.4 Å². The van der Waals surface area contributed by atoms with E-state index in [1.807, 2.05) is 6.07 Å². The first kappa shape index (κ1) is 14.2. The summed E-state index contributed by atoms with van der Waals surface area (Å²) in [4.78, 5) is 0. The second-order valence-electron chi connectivity index (χ2n) is 6.71. The van der Waals surface area contributed by atoms with Crippen LogP contribution in [0.5, 0.6) is 0 Å². The van der Waals surface area contributed by atoms with Crippen LogP contribution in [-0.2, 0) is 11.2 Å². The number of hydrogen-bond donors (Lipinski definition) is 1. The van der Waals surface area contributed by atoms with E-state index in [0.717, 1.165) is 12.0 Å². The van der Waals surface area contributed by atoms with E-state index in [0.29, 0.717) is 5.92 Å². The first-order chi connectivity index (χ1) is 8.78. The van der Waals surface area contributed by atoms with Crippen LogP contribution in [0.2, 0.25) is 19.6 Å². The first-order valence-corrected chi connectivity index (χ1v) is 10.4. The van der Waals surface area contributed by atoms with Crippen molar-refractivity contribution in [3.63, 3.8) is 0 Å². The fourth-order valence-electron chi connectivity index (χ4n) is 2.95. The molecule has 19 heavy (non-hydrogen) atoms. The van der Waals surface area contributed by atoms with Crippen LogP contribution in [0, 0.1) is 5.92 Å². The van der Waals surface area contributed by atoms with Crippen LogP contribution < -0.4 is 0 Å². The summed E-state index contributed by atoms with van der Waals surface area (Å²) in [6.45, 7) is 11.2. The third kappa shape index (κ3) is 2.32. The lowest BCUT2D eigenvalue weighted by Crippen LogP contribution is -2.63. The van der Waals surface area contributed by atoms with Crippen LogP contribution in [-0.4, -0.2) is 18.4 Å². The molecule has 1 atom stereocenters. The molecule has 0 aromatic heterocycles. The summed E-state index contributed by atoms with van der Waals surface area (Å²) < 4.78 is 5.87. The summed E-state index contributed by atoms with van der Waals surface area (Å²) in [7, 11) is -1.61. The molecule has 1 unspecified atom stereocenters. The molecule has 0 aliphatic carbocycles. The van der Waals surface area contributed by atoms with Gasteiger partial charge in [-0.3, -0.25) is 0 Å². The molecule has 0 saturated carbocycles. The van der Waals surface area contributed by atoms with Crippen LogP contribution >= 0.6 is 0 Å². The highest BCUT2D eigenvalue weighted by Crippen LogP contribution is 2.48. The summed E-state index contributed by atoms with van der Waals surface area (Å²) in [5.41, 5.74) is 2.38. The molecule has 0 amide bonds. The molecular weight excluding hydrogens is 252 g/mol. The Morgan fingerprint density at radius 1 is 1.16 bits per heavy atom. The smallest absolute Gasteiger partial charge is 0.280 e. The lowest BCUT2D eigenvalue weighted by atomic mass is 9.89. The molecule has 0 bridgehead atoms. The van der Waals surface area contributed by atoms with Gasteiger partial charge in [0.1, 0.15) is 13.3 Å². The van der Waals surface area contributed by atoms with Crippen molar-refractivity contribution < 1.29 is 9.84 Å². The van der Waals surface area contributed by atoms with Crippen molar-refractivity contribution in [1.29, 1.82) is 0 Å². The van der Waals surface area contributed by atoms with E-state index < -0.39 is 8.07 Å². The molecule has 0 saturated heterocycles. The number of aliphatic hydroxyl groups excluding tert-OH is 1. The molecule has 104 valence electrons. The number of benzene rings is 1. The van der Waals surface area contributed by atoms with E-state index in [2.05, 4.69) is 57.8 Å². The summed E-state index contributed by atoms with van der Waals surface area (Å²) in [6, 6.07) is 10.4. The van der Waals surface area contributed by atoms with Gasteiger partial charge in [0.25, 0.3) is 5.95 Å². The lowest BCUT2D eigenvalue weighted by molar-refractivity contribution is -0.0509. The summed E-state index contributed by atoms with van der Waals surface area (Å²) >= 11 is 0. The largest absolute Gasteiger partial charge is 0.481 e. The maximum absolute atomic E-state index is 9.93. The Labute approximate surface area is 117 Å². The van der Waals surface area contributed by atoms with Crippen LogP contribution in [0.4, 0.5) is 0 Å². The van der Waals surface area contributed by atoms with E-state index in [1.165, 1.54) is 5.56 Å². The average molecular weight is 276 g/mol. The molecule has 0 fully saturated rings. The molecule has 1 aliphatic rings. The van der Waals surface area contributed by atoms with Gasteiger partial charge in [-0.15, -0.1) is 0 Å². The molecule has 1 aromatic carbocycles. The van der Waals surface area contributed by atoms with Crippen molar-refractivity contribution in [2.45, 2.75) is 45.1 Å². The van der Waals surface area contributed by atoms with Gasteiger partial charge in [0.15, 0.2) is 0 Å². The van der Waals surface area contributed by atoms with Gasteiger partial charge in [-0.05, 0) is 11.5 Å². The standard InChI is InChI=1S/C16H24O2Si/c1-12(2)14-15(17)18-16(14,19(3,4)5)11-13-9-7-6-8-10-13/h6-10,12,17H,11H2,1-5H3. The molecule has 0 spiro atoms. The maximum Gasteiger partial charge on any atom is 0.280 e. The van der Waals surface area contributed by atoms with Gasteiger partial charge >= 0.3 is 0 Å². The minimum Gasteiger partial charge on any atom is -0.481 e. The van der Waals surface area contributed by atoms with E-state index in [9.17, 15) is 5.11 Å². The average Bonchev–Trinajstić information content (AvgIpc) is 2.26. The van der Waals surface area contributed by atoms with Gasteiger partial charge in [0, 0.05) is 6.42 Å². The molecule has 1 aromatic rings. The highest BCUT2D eigenvalue weighted by molar-refractivity contribution is 6.80. The van der Waals surface area contributed by atoms with Crippen LogP contribution in [0.25, 0.3) is 0 Å². The van der Waals surface area contributed by atoms with Crippen molar-refractivity contribution in [1.82, 2.24) is 0 Å². The molecule has 1 N–H and O–H groups in total. The van der Waals surface area contributed by atoms with E-state index >= 15 is 0 Å². The number of aliphatic hydroxyl groups is 1. The molecule has 1 aliphatic heterocycles. The highest BCUT2D eigenvalue weighted by Gasteiger charge is 2.57. The minimum atomic E-state index is -1.61. The normalized spacial score (nSPS) is 23.3. The van der Waals surface area contributed by atoms with E-state index in [-0.39, 0.29) is 11.2 Å². The number of rotatable bonds is 4. The summed E-state index contributed by atoms with van der Waals surface area (Å²) in [5, 5.41) is 9.68. The fraction of sp³-hybridized carbons (Fsp3) is 0.500. The van der Waals surface area contributed by atoms with Gasteiger partial charge in [-0.25, -0.2) is 0 Å². The zero-order valence-electron chi connectivity index (χ0n) is 12.5.